The van der Waals surface area contributed by atoms with E-state index in [4.69, 9.17) is 0 Å². The first-order valence-corrected chi connectivity index (χ1v) is 9.00. The standard InChI is InChI=1S/C19H28N2O/c22-18(11-20-19(15-5-6-15)16-7-8-16)13-21-10-9-14-3-1-2-4-17(14)12-21/h1-4,15-16,18-20,22H,5-13H2. The van der Waals surface area contributed by atoms with Crippen molar-refractivity contribution in [2.45, 2.75) is 50.8 Å². The van der Waals surface area contributed by atoms with Gasteiger partial charge in [0.25, 0.3) is 0 Å². The maximum Gasteiger partial charge on any atom is 0.0791 e. The molecule has 1 aromatic rings. The summed E-state index contributed by atoms with van der Waals surface area (Å²) in [6.45, 7) is 3.61. The Bertz CT molecular complexity index is 498. The van der Waals surface area contributed by atoms with Gasteiger partial charge in [-0.25, -0.2) is 0 Å². The van der Waals surface area contributed by atoms with Gasteiger partial charge in [-0.1, -0.05) is 24.3 Å². The van der Waals surface area contributed by atoms with Gasteiger partial charge in [0.15, 0.2) is 0 Å². The summed E-state index contributed by atoms with van der Waals surface area (Å²) in [5.41, 5.74) is 2.91. The molecule has 2 aliphatic carbocycles. The third kappa shape index (κ3) is 3.53. The van der Waals surface area contributed by atoms with Gasteiger partial charge >= 0.3 is 0 Å². The Morgan fingerprint density at radius 3 is 2.45 bits per heavy atom. The van der Waals surface area contributed by atoms with E-state index in [0.717, 1.165) is 44.4 Å². The van der Waals surface area contributed by atoms with E-state index in [0.29, 0.717) is 6.04 Å². The molecule has 0 aromatic heterocycles. The Balaban J connectivity index is 1.25. The molecular formula is C19H28N2O. The Morgan fingerprint density at radius 2 is 1.77 bits per heavy atom. The van der Waals surface area contributed by atoms with E-state index < -0.39 is 0 Å². The molecule has 1 heterocycles. The van der Waals surface area contributed by atoms with Crippen molar-refractivity contribution < 1.29 is 5.11 Å². The van der Waals surface area contributed by atoms with Crippen LogP contribution in [-0.2, 0) is 13.0 Å². The van der Waals surface area contributed by atoms with Crippen LogP contribution in [0, 0.1) is 11.8 Å². The number of nitrogens with zero attached hydrogens (tertiary/aromatic N) is 1. The topological polar surface area (TPSA) is 35.5 Å². The zero-order chi connectivity index (χ0) is 14.9. The highest BCUT2D eigenvalue weighted by molar-refractivity contribution is 5.29. The van der Waals surface area contributed by atoms with E-state index in [-0.39, 0.29) is 6.10 Å². The highest BCUT2D eigenvalue weighted by Gasteiger charge is 2.41. The Hall–Kier alpha value is -0.900. The molecule has 3 nitrogen and oxygen atoms in total. The average Bonchev–Trinajstić information content (AvgIpc) is 3.41. The van der Waals surface area contributed by atoms with Gasteiger partial charge in [-0.2, -0.15) is 0 Å². The minimum atomic E-state index is -0.245. The molecule has 0 amide bonds. The molecule has 0 bridgehead atoms. The Labute approximate surface area is 133 Å². The first-order chi connectivity index (χ1) is 10.8. The molecule has 1 aromatic carbocycles. The molecule has 1 aliphatic heterocycles. The number of fused-ring (bicyclic) bond motifs is 1. The first kappa shape index (κ1) is 14.7. The van der Waals surface area contributed by atoms with Crippen LogP contribution in [0.25, 0.3) is 0 Å². The second kappa shape index (κ2) is 6.31. The molecule has 0 radical (unpaired) electrons. The van der Waals surface area contributed by atoms with Crippen molar-refractivity contribution in [2.24, 2.45) is 11.8 Å². The lowest BCUT2D eigenvalue weighted by Gasteiger charge is -2.31. The Kier molecular flexibility index (Phi) is 4.21. The van der Waals surface area contributed by atoms with Crippen LogP contribution >= 0.6 is 0 Å². The van der Waals surface area contributed by atoms with Crippen molar-refractivity contribution in [1.82, 2.24) is 10.2 Å². The average molecular weight is 300 g/mol. The van der Waals surface area contributed by atoms with E-state index in [1.165, 1.54) is 36.8 Å². The zero-order valence-corrected chi connectivity index (χ0v) is 13.4. The van der Waals surface area contributed by atoms with E-state index in [9.17, 15) is 5.11 Å². The monoisotopic (exact) mass is 300 g/mol. The van der Waals surface area contributed by atoms with E-state index in [1.54, 1.807) is 0 Å². The summed E-state index contributed by atoms with van der Waals surface area (Å²) in [5, 5.41) is 14.1. The summed E-state index contributed by atoms with van der Waals surface area (Å²) in [7, 11) is 0. The van der Waals surface area contributed by atoms with E-state index in [1.807, 2.05) is 0 Å². The first-order valence-electron chi connectivity index (χ1n) is 9.00. The molecule has 1 atom stereocenters. The summed E-state index contributed by atoms with van der Waals surface area (Å²) in [4.78, 5) is 2.40. The number of aliphatic hydroxyl groups is 1. The third-order valence-electron chi connectivity index (χ3n) is 5.53. The molecule has 2 N–H and O–H groups in total. The molecule has 1 unspecified atom stereocenters. The second-order valence-corrected chi connectivity index (χ2v) is 7.52. The fraction of sp³-hybridized carbons (Fsp3) is 0.684. The van der Waals surface area contributed by atoms with Crippen molar-refractivity contribution in [1.29, 1.82) is 0 Å². The van der Waals surface area contributed by atoms with Crippen molar-refractivity contribution in [3.8, 4) is 0 Å². The van der Waals surface area contributed by atoms with E-state index in [2.05, 4.69) is 34.5 Å². The molecule has 3 heteroatoms. The quantitative estimate of drug-likeness (QED) is 0.810. The molecular weight excluding hydrogens is 272 g/mol. The molecule has 0 spiro atoms. The lowest BCUT2D eigenvalue weighted by atomic mass is 10.00. The van der Waals surface area contributed by atoms with Crippen molar-refractivity contribution in [3.05, 3.63) is 35.4 Å². The molecule has 0 saturated heterocycles. The number of rotatable bonds is 7. The van der Waals surface area contributed by atoms with Gasteiger partial charge in [-0.3, -0.25) is 4.90 Å². The highest BCUT2D eigenvalue weighted by atomic mass is 16.3. The van der Waals surface area contributed by atoms with Crippen molar-refractivity contribution >= 4 is 0 Å². The SMILES string of the molecule is OC(CNC(C1CC1)C1CC1)CN1CCc2ccccc2C1. The van der Waals surface area contributed by atoms with Gasteiger partial charge in [0.1, 0.15) is 0 Å². The number of β-amino-alcohol motifs (C(OH)–C–C–N with tert-alkyl or cyclic N) is 1. The Morgan fingerprint density at radius 1 is 1.09 bits per heavy atom. The lowest BCUT2D eigenvalue weighted by Crippen LogP contribution is -2.44. The molecule has 22 heavy (non-hydrogen) atoms. The number of aliphatic hydroxyl groups excluding tert-OH is 1. The molecule has 2 saturated carbocycles. The van der Waals surface area contributed by atoms with Crippen LogP contribution in [0.15, 0.2) is 24.3 Å². The summed E-state index contributed by atoms with van der Waals surface area (Å²) in [5.74, 6) is 1.81. The van der Waals surface area contributed by atoms with Crippen LogP contribution in [0.5, 0.6) is 0 Å². The fourth-order valence-electron chi connectivity index (χ4n) is 3.97. The van der Waals surface area contributed by atoms with Gasteiger partial charge in [0.05, 0.1) is 6.10 Å². The maximum atomic E-state index is 10.4. The van der Waals surface area contributed by atoms with Gasteiger partial charge in [-0.05, 0) is 55.1 Å². The predicted octanol–water partition coefficient (Wildman–Crippen LogP) is 2.18. The largest absolute Gasteiger partial charge is 0.390 e. The smallest absolute Gasteiger partial charge is 0.0791 e. The molecule has 120 valence electrons. The van der Waals surface area contributed by atoms with Crippen LogP contribution in [0.3, 0.4) is 0 Å². The maximum absolute atomic E-state index is 10.4. The highest BCUT2D eigenvalue weighted by Crippen LogP contribution is 2.44. The second-order valence-electron chi connectivity index (χ2n) is 7.52. The van der Waals surface area contributed by atoms with Gasteiger partial charge in [0, 0.05) is 32.2 Å². The van der Waals surface area contributed by atoms with Gasteiger partial charge in [-0.15, -0.1) is 0 Å². The van der Waals surface area contributed by atoms with Crippen LogP contribution in [-0.4, -0.2) is 41.8 Å². The van der Waals surface area contributed by atoms with E-state index >= 15 is 0 Å². The minimum Gasteiger partial charge on any atom is -0.390 e. The summed E-state index contributed by atoms with van der Waals surface area (Å²) >= 11 is 0. The van der Waals surface area contributed by atoms with Crippen LogP contribution < -0.4 is 5.32 Å². The number of benzene rings is 1. The number of hydrogen-bond acceptors (Lipinski definition) is 3. The summed E-state index contributed by atoms with van der Waals surface area (Å²) in [6, 6.07) is 9.40. The number of nitrogens with one attached hydrogen (secondary N) is 1. The number of hydrogen-bond donors (Lipinski definition) is 2. The van der Waals surface area contributed by atoms with Crippen molar-refractivity contribution in [2.75, 3.05) is 19.6 Å². The van der Waals surface area contributed by atoms with Crippen molar-refractivity contribution in [3.63, 3.8) is 0 Å². The molecule has 4 rings (SSSR count). The lowest BCUT2D eigenvalue weighted by molar-refractivity contribution is 0.100. The predicted molar refractivity (Wildman–Crippen MR) is 88.7 cm³/mol. The zero-order valence-electron chi connectivity index (χ0n) is 13.4. The van der Waals surface area contributed by atoms with Crippen LogP contribution in [0.1, 0.15) is 36.8 Å². The molecule has 3 aliphatic rings. The van der Waals surface area contributed by atoms with Gasteiger partial charge in [0.2, 0.25) is 0 Å². The normalized spacial score (nSPS) is 23.5. The van der Waals surface area contributed by atoms with Gasteiger partial charge < -0.3 is 10.4 Å². The third-order valence-corrected chi connectivity index (χ3v) is 5.53. The summed E-state index contributed by atoms with van der Waals surface area (Å²) in [6.07, 6.45) is 6.45. The summed E-state index contributed by atoms with van der Waals surface area (Å²) < 4.78 is 0. The fourth-order valence-corrected chi connectivity index (χ4v) is 3.97. The van der Waals surface area contributed by atoms with Crippen LogP contribution in [0.2, 0.25) is 0 Å². The van der Waals surface area contributed by atoms with Crippen LogP contribution in [0.4, 0.5) is 0 Å². The molecule has 2 fully saturated rings. The minimum absolute atomic E-state index is 0.245.